The Hall–Kier alpha value is -2.97. The van der Waals surface area contributed by atoms with E-state index in [0.717, 1.165) is 17.5 Å². The van der Waals surface area contributed by atoms with Gasteiger partial charge in [0.15, 0.2) is 0 Å². The van der Waals surface area contributed by atoms with Gasteiger partial charge in [-0.15, -0.1) is 0 Å². The van der Waals surface area contributed by atoms with Crippen LogP contribution in [0.15, 0.2) is 64.0 Å². The second-order valence-corrected chi connectivity index (χ2v) is 9.32. The summed E-state index contributed by atoms with van der Waals surface area (Å²) < 4.78 is 32.5. The van der Waals surface area contributed by atoms with E-state index in [1.807, 2.05) is 44.2 Å². The molecule has 7 nitrogen and oxygen atoms in total. The van der Waals surface area contributed by atoms with E-state index < -0.39 is 10.0 Å². The number of hydrogen-bond donors (Lipinski definition) is 0. The van der Waals surface area contributed by atoms with Crippen molar-refractivity contribution >= 4 is 21.6 Å². The third-order valence-corrected chi connectivity index (χ3v) is 7.59. The molecule has 3 aromatic rings. The van der Waals surface area contributed by atoms with E-state index in [2.05, 4.69) is 5.16 Å². The number of carbonyl (C=O) groups excluding carboxylic acids is 1. The monoisotopic (exact) mass is 439 g/mol. The Balaban J connectivity index is 1.63. The van der Waals surface area contributed by atoms with Gasteiger partial charge >= 0.3 is 0 Å². The molecule has 31 heavy (non-hydrogen) atoms. The standard InChI is InChI=1S/C23H25N3O4S/c1-3-25(4-2)31(28,29)19-12-13-21-18(15-19)11-8-14-26(21)23(27)22-16-20(24-30-22)17-9-6-5-7-10-17/h5-7,9-10,12-13,15-16H,3-4,8,11,14H2,1-2H3. The van der Waals surface area contributed by atoms with E-state index in [4.69, 9.17) is 4.52 Å². The molecule has 162 valence electrons. The van der Waals surface area contributed by atoms with E-state index in [9.17, 15) is 13.2 Å². The van der Waals surface area contributed by atoms with Gasteiger partial charge in [0, 0.05) is 37.0 Å². The number of anilines is 1. The molecule has 0 saturated heterocycles. The molecule has 0 fully saturated rings. The number of fused-ring (bicyclic) bond motifs is 1. The van der Waals surface area contributed by atoms with Gasteiger partial charge in [0.25, 0.3) is 5.91 Å². The number of rotatable bonds is 6. The molecule has 1 aliphatic rings. The fourth-order valence-electron chi connectivity index (χ4n) is 3.91. The largest absolute Gasteiger partial charge is 0.350 e. The van der Waals surface area contributed by atoms with Crippen LogP contribution in [0, 0.1) is 0 Å². The number of aryl methyl sites for hydroxylation is 1. The van der Waals surface area contributed by atoms with Crippen LogP contribution in [0.4, 0.5) is 5.69 Å². The van der Waals surface area contributed by atoms with Crippen molar-refractivity contribution in [3.05, 3.63) is 65.9 Å². The zero-order chi connectivity index (χ0) is 22.0. The third kappa shape index (κ3) is 4.00. The lowest BCUT2D eigenvalue weighted by Gasteiger charge is -2.29. The van der Waals surface area contributed by atoms with Crippen LogP contribution in [0.25, 0.3) is 11.3 Å². The number of hydrogen-bond acceptors (Lipinski definition) is 5. The molecule has 1 amide bonds. The smallest absolute Gasteiger partial charge is 0.296 e. The van der Waals surface area contributed by atoms with Gasteiger partial charge < -0.3 is 9.42 Å². The lowest BCUT2D eigenvalue weighted by Crippen LogP contribution is -2.35. The minimum atomic E-state index is -3.55. The first-order valence-corrected chi connectivity index (χ1v) is 11.9. The van der Waals surface area contributed by atoms with Crippen LogP contribution >= 0.6 is 0 Å². The molecule has 0 bridgehead atoms. The van der Waals surface area contributed by atoms with E-state index in [0.29, 0.717) is 37.4 Å². The molecule has 0 spiro atoms. The Kier molecular flexibility index (Phi) is 5.93. The van der Waals surface area contributed by atoms with Crippen LogP contribution in [0.5, 0.6) is 0 Å². The molecule has 2 aromatic carbocycles. The number of sulfonamides is 1. The Morgan fingerprint density at radius 3 is 2.55 bits per heavy atom. The van der Waals surface area contributed by atoms with E-state index >= 15 is 0 Å². The minimum absolute atomic E-state index is 0.159. The highest BCUT2D eigenvalue weighted by molar-refractivity contribution is 7.89. The van der Waals surface area contributed by atoms with Crippen LogP contribution < -0.4 is 4.90 Å². The first-order chi connectivity index (χ1) is 15.0. The molecule has 0 radical (unpaired) electrons. The number of nitrogens with zero attached hydrogens (tertiary/aromatic N) is 3. The molecule has 1 aliphatic heterocycles. The van der Waals surface area contributed by atoms with Gasteiger partial charge in [-0.2, -0.15) is 4.31 Å². The summed E-state index contributed by atoms with van der Waals surface area (Å²) in [6.07, 6.45) is 1.46. The van der Waals surface area contributed by atoms with Crippen molar-refractivity contribution in [2.45, 2.75) is 31.6 Å². The summed E-state index contributed by atoms with van der Waals surface area (Å²) >= 11 is 0. The predicted molar refractivity (Wildman–Crippen MR) is 118 cm³/mol. The van der Waals surface area contributed by atoms with E-state index in [1.54, 1.807) is 29.2 Å². The number of carbonyl (C=O) groups is 1. The summed E-state index contributed by atoms with van der Waals surface area (Å²) in [7, 11) is -3.55. The molecule has 2 heterocycles. The molecule has 0 aliphatic carbocycles. The van der Waals surface area contributed by atoms with Crippen LogP contribution in [-0.2, 0) is 16.4 Å². The quantitative estimate of drug-likeness (QED) is 0.580. The van der Waals surface area contributed by atoms with Crippen LogP contribution in [0.1, 0.15) is 36.4 Å². The SMILES string of the molecule is CCN(CC)S(=O)(=O)c1ccc2c(c1)CCCN2C(=O)c1cc(-c2ccccc2)no1. The van der Waals surface area contributed by atoms with Gasteiger partial charge in [-0.05, 0) is 36.6 Å². The third-order valence-electron chi connectivity index (χ3n) is 5.55. The highest BCUT2D eigenvalue weighted by Gasteiger charge is 2.29. The van der Waals surface area contributed by atoms with Crippen molar-refractivity contribution in [2.24, 2.45) is 0 Å². The molecule has 1 aromatic heterocycles. The zero-order valence-corrected chi connectivity index (χ0v) is 18.4. The Bertz CT molecular complexity index is 1180. The van der Waals surface area contributed by atoms with Crippen molar-refractivity contribution in [3.8, 4) is 11.3 Å². The van der Waals surface area contributed by atoms with Gasteiger partial charge in [0.1, 0.15) is 5.69 Å². The summed E-state index contributed by atoms with van der Waals surface area (Å²) in [5.74, 6) is -0.124. The Labute approximate surface area is 182 Å². The second-order valence-electron chi connectivity index (χ2n) is 7.38. The average Bonchev–Trinajstić information content (AvgIpc) is 3.29. The van der Waals surface area contributed by atoms with Crippen molar-refractivity contribution in [1.82, 2.24) is 9.46 Å². The van der Waals surface area contributed by atoms with Crippen molar-refractivity contribution in [3.63, 3.8) is 0 Å². The van der Waals surface area contributed by atoms with Crippen LogP contribution in [0.2, 0.25) is 0 Å². The average molecular weight is 440 g/mol. The van der Waals surface area contributed by atoms with Gasteiger partial charge in [-0.3, -0.25) is 4.79 Å². The molecule has 0 N–H and O–H groups in total. The van der Waals surface area contributed by atoms with Crippen LogP contribution in [0.3, 0.4) is 0 Å². The first kappa shape index (κ1) is 21.3. The van der Waals surface area contributed by atoms with Gasteiger partial charge in [0.2, 0.25) is 15.8 Å². The summed E-state index contributed by atoms with van der Waals surface area (Å²) in [5.41, 5.74) is 3.03. The molecular weight excluding hydrogens is 414 g/mol. The summed E-state index contributed by atoms with van der Waals surface area (Å²) in [5, 5.41) is 4.04. The fourth-order valence-corrected chi connectivity index (χ4v) is 5.42. The predicted octanol–water partition coefficient (Wildman–Crippen LogP) is 3.97. The van der Waals surface area contributed by atoms with Crippen molar-refractivity contribution in [2.75, 3.05) is 24.5 Å². The minimum Gasteiger partial charge on any atom is -0.350 e. The lowest BCUT2D eigenvalue weighted by molar-refractivity contribution is 0.0949. The highest BCUT2D eigenvalue weighted by Crippen LogP contribution is 2.32. The number of aromatic nitrogens is 1. The fraction of sp³-hybridized carbons (Fsp3) is 0.304. The second kappa shape index (κ2) is 8.64. The molecule has 0 unspecified atom stereocenters. The molecule has 0 saturated carbocycles. The summed E-state index contributed by atoms with van der Waals surface area (Å²) in [6.45, 7) is 5.00. The molecule has 8 heteroatoms. The molecule has 4 rings (SSSR count). The van der Waals surface area contributed by atoms with E-state index in [-0.39, 0.29) is 16.6 Å². The normalized spacial score (nSPS) is 14.0. The summed E-state index contributed by atoms with van der Waals surface area (Å²) in [4.78, 5) is 15.1. The zero-order valence-electron chi connectivity index (χ0n) is 17.6. The van der Waals surface area contributed by atoms with Crippen molar-refractivity contribution < 1.29 is 17.7 Å². The van der Waals surface area contributed by atoms with Crippen LogP contribution in [-0.4, -0.2) is 43.4 Å². The number of amides is 1. The maximum absolute atomic E-state index is 13.2. The van der Waals surface area contributed by atoms with Gasteiger partial charge in [-0.1, -0.05) is 49.3 Å². The van der Waals surface area contributed by atoms with Crippen molar-refractivity contribution in [1.29, 1.82) is 0 Å². The number of benzene rings is 2. The maximum Gasteiger partial charge on any atom is 0.296 e. The lowest BCUT2D eigenvalue weighted by atomic mass is 10.0. The molecule has 0 atom stereocenters. The Morgan fingerprint density at radius 2 is 1.84 bits per heavy atom. The topological polar surface area (TPSA) is 83.7 Å². The first-order valence-electron chi connectivity index (χ1n) is 10.4. The Morgan fingerprint density at radius 1 is 1.10 bits per heavy atom. The maximum atomic E-state index is 13.2. The molecular formula is C23H25N3O4S. The van der Waals surface area contributed by atoms with E-state index in [1.165, 1.54) is 4.31 Å². The highest BCUT2D eigenvalue weighted by atomic mass is 32.2. The van der Waals surface area contributed by atoms with Gasteiger partial charge in [-0.25, -0.2) is 8.42 Å². The summed E-state index contributed by atoms with van der Waals surface area (Å²) in [6, 6.07) is 16.1. The van der Waals surface area contributed by atoms with Gasteiger partial charge in [0.05, 0.1) is 4.90 Å².